The van der Waals surface area contributed by atoms with Gasteiger partial charge in [0.1, 0.15) is 11.5 Å². The summed E-state index contributed by atoms with van der Waals surface area (Å²) in [6.07, 6.45) is 2.23. The second kappa shape index (κ2) is 8.38. The third kappa shape index (κ3) is 5.66. The Hall–Kier alpha value is -1.09. The summed E-state index contributed by atoms with van der Waals surface area (Å²) in [5, 5.41) is 4.16. The van der Waals surface area contributed by atoms with Gasteiger partial charge in [-0.3, -0.25) is 0 Å². The molecule has 0 saturated heterocycles. The Bertz CT molecular complexity index is 437. The molecule has 0 bridgehead atoms. The van der Waals surface area contributed by atoms with Crippen LogP contribution in [0.4, 0.5) is 5.69 Å². The lowest BCUT2D eigenvalue weighted by molar-refractivity contribution is 0.401. The summed E-state index contributed by atoms with van der Waals surface area (Å²) in [6, 6.07) is 4.11. The predicted molar refractivity (Wildman–Crippen MR) is 90.9 cm³/mol. The van der Waals surface area contributed by atoms with Gasteiger partial charge < -0.3 is 14.8 Å². The zero-order valence-electron chi connectivity index (χ0n) is 14.0. The van der Waals surface area contributed by atoms with Gasteiger partial charge in [-0.05, 0) is 24.7 Å². The van der Waals surface area contributed by atoms with E-state index in [0.717, 1.165) is 24.3 Å². The Morgan fingerprint density at radius 3 is 1.90 bits per heavy atom. The summed E-state index contributed by atoms with van der Waals surface area (Å²) in [7, 11) is 3.28. The van der Waals surface area contributed by atoms with Crippen LogP contribution in [0.5, 0.6) is 11.5 Å². The number of nitrogens with one attached hydrogen (secondary N) is 1. The molecule has 0 aliphatic rings. The first kappa shape index (κ1) is 18.0. The number of anilines is 1. The molecule has 0 spiro atoms. The van der Waals surface area contributed by atoms with Crippen LogP contribution >= 0.6 is 11.6 Å². The van der Waals surface area contributed by atoms with E-state index >= 15 is 0 Å². The van der Waals surface area contributed by atoms with Crippen LogP contribution in [0.25, 0.3) is 0 Å². The van der Waals surface area contributed by atoms with Gasteiger partial charge in [-0.15, -0.1) is 0 Å². The van der Waals surface area contributed by atoms with E-state index in [1.54, 1.807) is 20.3 Å². The molecule has 0 heterocycles. The van der Waals surface area contributed by atoms with Crippen molar-refractivity contribution in [2.45, 2.75) is 46.6 Å². The maximum absolute atomic E-state index is 6.15. The molecule has 0 fully saturated rings. The summed E-state index contributed by atoms with van der Waals surface area (Å²) < 4.78 is 10.7. The normalized spacial score (nSPS) is 11.3. The average Bonchev–Trinajstić information content (AvgIpc) is 2.38. The monoisotopic (exact) mass is 313 g/mol. The van der Waals surface area contributed by atoms with Crippen LogP contribution in [-0.2, 0) is 0 Å². The van der Waals surface area contributed by atoms with E-state index in [1.165, 1.54) is 0 Å². The molecule has 1 aromatic rings. The van der Waals surface area contributed by atoms with Gasteiger partial charge in [0.05, 0.1) is 24.9 Å². The highest BCUT2D eigenvalue weighted by Gasteiger charge is 2.16. The summed E-state index contributed by atoms with van der Waals surface area (Å²) in [5.41, 5.74) is 0.935. The van der Waals surface area contributed by atoms with Crippen molar-refractivity contribution in [3.63, 3.8) is 0 Å². The van der Waals surface area contributed by atoms with Crippen molar-refractivity contribution in [3.8, 4) is 11.5 Å². The average molecular weight is 314 g/mol. The molecule has 21 heavy (non-hydrogen) atoms. The Morgan fingerprint density at radius 2 is 1.48 bits per heavy atom. The molecule has 0 unspecified atom stereocenters. The van der Waals surface area contributed by atoms with Crippen LogP contribution in [0.1, 0.15) is 40.5 Å². The zero-order chi connectivity index (χ0) is 16.0. The largest absolute Gasteiger partial charge is 0.495 e. The number of benzene rings is 1. The molecule has 0 aliphatic heterocycles. The smallest absolute Gasteiger partial charge is 0.143 e. The van der Waals surface area contributed by atoms with Gasteiger partial charge in [0.15, 0.2) is 0 Å². The highest BCUT2D eigenvalue weighted by atomic mass is 35.5. The van der Waals surface area contributed by atoms with E-state index in [1.807, 2.05) is 6.07 Å². The Balaban J connectivity index is 3.00. The topological polar surface area (TPSA) is 30.5 Å². The highest BCUT2D eigenvalue weighted by Crippen LogP contribution is 2.37. The summed E-state index contributed by atoms with van der Waals surface area (Å²) in [6.45, 7) is 8.98. The van der Waals surface area contributed by atoms with Crippen LogP contribution in [0.15, 0.2) is 12.1 Å². The van der Waals surface area contributed by atoms with Gasteiger partial charge in [0.2, 0.25) is 0 Å². The third-order valence-electron chi connectivity index (χ3n) is 3.35. The van der Waals surface area contributed by atoms with E-state index in [4.69, 9.17) is 21.1 Å². The molecular formula is C17H28ClNO2. The van der Waals surface area contributed by atoms with Crippen LogP contribution in [0, 0.1) is 11.8 Å². The first-order chi connectivity index (χ1) is 9.87. The number of rotatable bonds is 8. The lowest BCUT2D eigenvalue weighted by Crippen LogP contribution is -2.24. The molecule has 1 aromatic carbocycles. The maximum atomic E-state index is 6.15. The summed E-state index contributed by atoms with van der Waals surface area (Å²) >= 11 is 6.15. The van der Waals surface area contributed by atoms with Gasteiger partial charge in [0, 0.05) is 18.2 Å². The molecule has 1 N–H and O–H groups in total. The second-order valence-corrected chi connectivity index (χ2v) is 6.69. The predicted octanol–water partition coefficient (Wildman–Crippen LogP) is 5.23. The molecule has 3 nitrogen and oxygen atoms in total. The number of methoxy groups -OCH3 is 2. The van der Waals surface area contributed by atoms with Gasteiger partial charge in [0.25, 0.3) is 0 Å². The standard InChI is InChI=1S/C17H28ClNO2/c1-11(2)7-13(8-12(3)4)19-15-10-16(20-5)14(18)9-17(15)21-6/h9-13,19H,7-8H2,1-6H3. The molecule has 0 amide bonds. The number of hydrogen-bond donors (Lipinski definition) is 1. The minimum absolute atomic E-state index is 0.407. The van der Waals surface area contributed by atoms with E-state index in [0.29, 0.717) is 28.6 Å². The Labute approximate surface area is 134 Å². The van der Waals surface area contributed by atoms with Crippen molar-refractivity contribution >= 4 is 17.3 Å². The van der Waals surface area contributed by atoms with Crippen molar-refractivity contribution in [1.82, 2.24) is 0 Å². The first-order valence-corrected chi connectivity index (χ1v) is 7.93. The summed E-state index contributed by atoms with van der Waals surface area (Å²) in [5.74, 6) is 2.69. The SMILES string of the molecule is COc1cc(NC(CC(C)C)CC(C)C)c(OC)cc1Cl. The number of ether oxygens (including phenoxy) is 2. The van der Waals surface area contributed by atoms with Crippen molar-refractivity contribution in [3.05, 3.63) is 17.2 Å². The molecule has 120 valence electrons. The third-order valence-corrected chi connectivity index (χ3v) is 3.64. The van der Waals surface area contributed by atoms with Crippen LogP contribution in [-0.4, -0.2) is 20.3 Å². The minimum Gasteiger partial charge on any atom is -0.495 e. The fourth-order valence-electron chi connectivity index (χ4n) is 2.55. The van der Waals surface area contributed by atoms with Gasteiger partial charge in [-0.2, -0.15) is 0 Å². The van der Waals surface area contributed by atoms with Crippen molar-refractivity contribution in [2.24, 2.45) is 11.8 Å². The maximum Gasteiger partial charge on any atom is 0.143 e. The van der Waals surface area contributed by atoms with Gasteiger partial charge in [-0.1, -0.05) is 39.3 Å². The molecule has 1 rings (SSSR count). The lowest BCUT2D eigenvalue weighted by Gasteiger charge is -2.25. The molecule has 0 aromatic heterocycles. The van der Waals surface area contributed by atoms with Gasteiger partial charge in [-0.25, -0.2) is 0 Å². The van der Waals surface area contributed by atoms with Gasteiger partial charge >= 0.3 is 0 Å². The lowest BCUT2D eigenvalue weighted by atomic mass is 9.95. The van der Waals surface area contributed by atoms with E-state index in [2.05, 4.69) is 33.0 Å². The molecule has 0 aliphatic carbocycles. The van der Waals surface area contributed by atoms with Crippen molar-refractivity contribution in [1.29, 1.82) is 0 Å². The fourth-order valence-corrected chi connectivity index (χ4v) is 2.78. The Kier molecular flexibility index (Phi) is 7.16. The molecule has 0 atom stereocenters. The van der Waals surface area contributed by atoms with E-state index < -0.39 is 0 Å². The van der Waals surface area contributed by atoms with E-state index in [9.17, 15) is 0 Å². The number of hydrogen-bond acceptors (Lipinski definition) is 3. The molecule has 4 heteroatoms. The molecule has 0 saturated carbocycles. The minimum atomic E-state index is 0.407. The van der Waals surface area contributed by atoms with Crippen molar-refractivity contribution in [2.75, 3.05) is 19.5 Å². The Morgan fingerprint density at radius 1 is 0.952 bits per heavy atom. The highest BCUT2D eigenvalue weighted by molar-refractivity contribution is 6.32. The quantitative estimate of drug-likeness (QED) is 0.713. The first-order valence-electron chi connectivity index (χ1n) is 7.55. The zero-order valence-corrected chi connectivity index (χ0v) is 14.8. The van der Waals surface area contributed by atoms with Crippen molar-refractivity contribution < 1.29 is 9.47 Å². The van der Waals surface area contributed by atoms with Crippen LogP contribution in [0.2, 0.25) is 5.02 Å². The summed E-state index contributed by atoms with van der Waals surface area (Å²) in [4.78, 5) is 0. The second-order valence-electron chi connectivity index (χ2n) is 6.29. The van der Waals surface area contributed by atoms with Crippen LogP contribution in [0.3, 0.4) is 0 Å². The fraction of sp³-hybridized carbons (Fsp3) is 0.647. The molecule has 0 radical (unpaired) electrons. The molecular weight excluding hydrogens is 286 g/mol. The van der Waals surface area contributed by atoms with E-state index in [-0.39, 0.29) is 0 Å². The number of halogens is 1. The van der Waals surface area contributed by atoms with Crippen LogP contribution < -0.4 is 14.8 Å².